The molecule has 154 valence electrons. The topological polar surface area (TPSA) is 100 Å². The number of aliphatic hydroxyl groups excluding tert-OH is 2. The molecule has 1 aliphatic rings. The predicted octanol–water partition coefficient (Wildman–Crippen LogP) is 4.02. The molecule has 0 radical (unpaired) electrons. The molecule has 3 aromatic heterocycles. The van der Waals surface area contributed by atoms with Crippen LogP contribution in [-0.4, -0.2) is 37.4 Å². The maximum atomic E-state index is 10.9. The Balaban J connectivity index is 1.47. The van der Waals surface area contributed by atoms with Gasteiger partial charge in [-0.3, -0.25) is 4.98 Å². The van der Waals surface area contributed by atoms with Crippen molar-refractivity contribution in [2.45, 2.75) is 44.1 Å². The summed E-state index contributed by atoms with van der Waals surface area (Å²) < 4.78 is 7.23. The summed E-state index contributed by atoms with van der Waals surface area (Å²) >= 11 is 1.50. The molecule has 1 aromatic carbocycles. The molecule has 1 aliphatic carbocycles. The molecule has 0 spiro atoms. The number of pyridine rings is 1. The van der Waals surface area contributed by atoms with Crippen molar-refractivity contribution in [1.82, 2.24) is 15.0 Å². The zero-order valence-corrected chi connectivity index (χ0v) is 17.0. The molecule has 0 bridgehead atoms. The molecule has 3 N–H and O–H groups in total. The van der Waals surface area contributed by atoms with Gasteiger partial charge in [0.1, 0.15) is 12.1 Å². The fraction of sp³-hybridized carbons (Fsp3) is 0.318. The van der Waals surface area contributed by atoms with Gasteiger partial charge < -0.3 is 20.3 Å². The lowest BCUT2D eigenvalue weighted by atomic mass is 9.95. The minimum Gasteiger partial charge on any atom is -0.488 e. The summed E-state index contributed by atoms with van der Waals surface area (Å²) in [5.41, 5.74) is 2.97. The average molecular weight is 423 g/mol. The van der Waals surface area contributed by atoms with E-state index in [9.17, 15) is 10.2 Å². The third kappa shape index (κ3) is 3.81. The number of nitrogens with zero attached hydrogens (tertiary/aromatic N) is 3. The first-order chi connectivity index (χ1) is 14.7. The van der Waals surface area contributed by atoms with Crippen LogP contribution in [0.25, 0.3) is 21.1 Å². The van der Waals surface area contributed by atoms with Crippen LogP contribution >= 0.6 is 11.3 Å². The maximum Gasteiger partial charge on any atom is 0.153 e. The molecule has 1 atom stereocenters. The normalized spacial score (nSPS) is 20.3. The smallest absolute Gasteiger partial charge is 0.153 e. The Bertz CT molecular complexity index is 1170. The Kier molecular flexibility index (Phi) is 5.20. The van der Waals surface area contributed by atoms with E-state index in [2.05, 4.69) is 20.3 Å². The van der Waals surface area contributed by atoms with Crippen molar-refractivity contribution < 1.29 is 14.9 Å². The van der Waals surface area contributed by atoms with Gasteiger partial charge in [0.25, 0.3) is 0 Å². The first kappa shape index (κ1) is 19.2. The number of nitrogens with one attached hydrogen (secondary N) is 1. The fourth-order valence-electron chi connectivity index (χ4n) is 3.88. The molecule has 0 aliphatic heterocycles. The SMILES string of the molecule is OC1CCC(Oc2cc3ncccc3cc2NC(O)c2csc3cncnc23)CC1. The number of anilines is 1. The number of thiophene rings is 1. The first-order valence-corrected chi connectivity index (χ1v) is 10.9. The van der Waals surface area contributed by atoms with E-state index >= 15 is 0 Å². The highest BCUT2D eigenvalue weighted by Crippen LogP contribution is 2.36. The molecular weight excluding hydrogens is 400 g/mol. The minimum atomic E-state index is -0.946. The van der Waals surface area contributed by atoms with Gasteiger partial charge in [0.15, 0.2) is 6.23 Å². The lowest BCUT2D eigenvalue weighted by molar-refractivity contribution is 0.0668. The summed E-state index contributed by atoms with van der Waals surface area (Å²) in [6, 6.07) is 7.72. The van der Waals surface area contributed by atoms with Gasteiger partial charge in [-0.2, -0.15) is 0 Å². The molecule has 1 unspecified atom stereocenters. The predicted molar refractivity (Wildman–Crippen MR) is 117 cm³/mol. The molecule has 5 rings (SSSR count). The van der Waals surface area contributed by atoms with Crippen molar-refractivity contribution in [2.75, 3.05) is 5.32 Å². The van der Waals surface area contributed by atoms with E-state index in [4.69, 9.17) is 4.74 Å². The highest BCUT2D eigenvalue weighted by molar-refractivity contribution is 7.17. The van der Waals surface area contributed by atoms with E-state index < -0.39 is 6.23 Å². The van der Waals surface area contributed by atoms with Crippen LogP contribution in [0.15, 0.2) is 48.4 Å². The number of aromatic nitrogens is 3. The summed E-state index contributed by atoms with van der Waals surface area (Å²) in [6.07, 6.45) is 6.91. The lowest BCUT2D eigenvalue weighted by Crippen LogP contribution is -2.26. The lowest BCUT2D eigenvalue weighted by Gasteiger charge is -2.27. The van der Waals surface area contributed by atoms with Gasteiger partial charge >= 0.3 is 0 Å². The molecule has 1 fully saturated rings. The Hall–Kier alpha value is -2.81. The fourth-order valence-corrected chi connectivity index (χ4v) is 4.77. The van der Waals surface area contributed by atoms with Crippen LogP contribution in [0.2, 0.25) is 0 Å². The van der Waals surface area contributed by atoms with E-state index in [1.165, 1.54) is 17.7 Å². The van der Waals surface area contributed by atoms with Crippen molar-refractivity contribution >= 4 is 38.1 Å². The first-order valence-electron chi connectivity index (χ1n) is 10.0. The Morgan fingerprint density at radius 1 is 1.17 bits per heavy atom. The molecule has 7 nitrogen and oxygen atoms in total. The third-order valence-electron chi connectivity index (χ3n) is 5.49. The minimum absolute atomic E-state index is 0.0296. The summed E-state index contributed by atoms with van der Waals surface area (Å²) in [7, 11) is 0. The molecular formula is C22H22N4O3S. The van der Waals surface area contributed by atoms with Gasteiger partial charge in [-0.25, -0.2) is 9.97 Å². The standard InChI is InChI=1S/C22H22N4O3S/c27-14-3-5-15(6-4-14)29-19-9-17-13(2-1-7-24-17)8-18(19)26-22(28)16-11-30-20-10-23-12-25-21(16)20/h1-2,7-12,14-15,22,26-28H,3-6H2. The number of aliphatic hydroxyl groups is 2. The number of hydrogen-bond acceptors (Lipinski definition) is 8. The maximum absolute atomic E-state index is 10.9. The summed E-state index contributed by atoms with van der Waals surface area (Å²) in [4.78, 5) is 12.8. The molecule has 0 amide bonds. The zero-order valence-electron chi connectivity index (χ0n) is 16.2. The van der Waals surface area contributed by atoms with Gasteiger partial charge in [0.05, 0.1) is 33.6 Å². The zero-order chi connectivity index (χ0) is 20.5. The van der Waals surface area contributed by atoms with E-state index in [1.54, 1.807) is 12.4 Å². The number of hydrogen-bond donors (Lipinski definition) is 3. The second-order valence-electron chi connectivity index (χ2n) is 7.57. The number of rotatable bonds is 5. The summed E-state index contributed by atoms with van der Waals surface area (Å²) in [5, 5.41) is 26.8. The summed E-state index contributed by atoms with van der Waals surface area (Å²) in [6.45, 7) is 0. The molecule has 3 heterocycles. The van der Waals surface area contributed by atoms with Crippen molar-refractivity contribution in [3.8, 4) is 5.75 Å². The van der Waals surface area contributed by atoms with Crippen molar-refractivity contribution in [3.05, 3.63) is 53.9 Å². The van der Waals surface area contributed by atoms with Crippen LogP contribution in [0.3, 0.4) is 0 Å². The van der Waals surface area contributed by atoms with Crippen LogP contribution in [0.5, 0.6) is 5.75 Å². The highest BCUT2D eigenvalue weighted by Gasteiger charge is 2.23. The summed E-state index contributed by atoms with van der Waals surface area (Å²) in [5.74, 6) is 0.649. The Morgan fingerprint density at radius 3 is 2.90 bits per heavy atom. The Labute approximate surface area is 177 Å². The monoisotopic (exact) mass is 422 g/mol. The van der Waals surface area contributed by atoms with Gasteiger partial charge in [-0.05, 0) is 37.8 Å². The molecule has 4 aromatic rings. The van der Waals surface area contributed by atoms with Crippen LogP contribution < -0.4 is 10.1 Å². The highest BCUT2D eigenvalue weighted by atomic mass is 32.1. The van der Waals surface area contributed by atoms with E-state index in [-0.39, 0.29) is 12.2 Å². The number of ether oxygens (including phenoxy) is 1. The molecule has 8 heteroatoms. The Morgan fingerprint density at radius 2 is 2.03 bits per heavy atom. The van der Waals surface area contributed by atoms with Crippen molar-refractivity contribution in [3.63, 3.8) is 0 Å². The number of fused-ring (bicyclic) bond motifs is 2. The molecule has 1 saturated carbocycles. The van der Waals surface area contributed by atoms with Crippen LogP contribution in [-0.2, 0) is 0 Å². The van der Waals surface area contributed by atoms with Gasteiger partial charge in [0.2, 0.25) is 0 Å². The van der Waals surface area contributed by atoms with Crippen LogP contribution in [0.1, 0.15) is 37.5 Å². The quantitative estimate of drug-likeness (QED) is 0.418. The molecule has 30 heavy (non-hydrogen) atoms. The van der Waals surface area contributed by atoms with Gasteiger partial charge in [-0.1, -0.05) is 6.07 Å². The number of benzene rings is 1. The van der Waals surface area contributed by atoms with Crippen LogP contribution in [0.4, 0.5) is 5.69 Å². The van der Waals surface area contributed by atoms with Gasteiger partial charge in [0, 0.05) is 34.8 Å². The second kappa shape index (κ2) is 8.14. The van der Waals surface area contributed by atoms with E-state index in [0.29, 0.717) is 17.0 Å². The van der Waals surface area contributed by atoms with Gasteiger partial charge in [-0.15, -0.1) is 11.3 Å². The average Bonchev–Trinajstić information content (AvgIpc) is 3.20. The molecule has 0 saturated heterocycles. The van der Waals surface area contributed by atoms with Crippen molar-refractivity contribution in [1.29, 1.82) is 0 Å². The van der Waals surface area contributed by atoms with E-state index in [1.807, 2.05) is 29.6 Å². The third-order valence-corrected chi connectivity index (χ3v) is 6.42. The van der Waals surface area contributed by atoms with Crippen LogP contribution in [0, 0.1) is 0 Å². The largest absolute Gasteiger partial charge is 0.488 e. The van der Waals surface area contributed by atoms with Crippen molar-refractivity contribution in [2.24, 2.45) is 0 Å². The second-order valence-corrected chi connectivity index (χ2v) is 8.48. The van der Waals surface area contributed by atoms with E-state index in [0.717, 1.165) is 46.8 Å².